The van der Waals surface area contributed by atoms with Crippen LogP contribution in [0.5, 0.6) is 0 Å². The largest absolute Gasteiger partial charge is 0.481 e. The van der Waals surface area contributed by atoms with Gasteiger partial charge in [-0.3, -0.25) is 9.59 Å². The number of urea groups is 1. The number of nitrogens with one attached hydrogen (secondary N) is 1. The molecule has 0 aromatic carbocycles. The molecular weight excluding hydrogens is 262 g/mol. The van der Waals surface area contributed by atoms with Gasteiger partial charge in [0.25, 0.3) is 0 Å². The van der Waals surface area contributed by atoms with E-state index < -0.39 is 17.3 Å². The normalized spacial score (nSPS) is 22.1. The smallest absolute Gasteiger partial charge is 0.317 e. The van der Waals surface area contributed by atoms with Gasteiger partial charge in [-0.05, 0) is 18.8 Å². The van der Waals surface area contributed by atoms with Crippen molar-refractivity contribution in [1.82, 2.24) is 10.2 Å². The summed E-state index contributed by atoms with van der Waals surface area (Å²) >= 11 is 0. The van der Waals surface area contributed by atoms with Crippen molar-refractivity contribution in [2.75, 3.05) is 19.6 Å². The van der Waals surface area contributed by atoms with Crippen molar-refractivity contribution < 1.29 is 19.5 Å². The molecule has 1 rings (SSSR count). The van der Waals surface area contributed by atoms with Crippen LogP contribution in [-0.4, -0.2) is 47.5 Å². The molecule has 1 aliphatic heterocycles. The molecule has 1 unspecified atom stereocenters. The minimum absolute atomic E-state index is 0.0346. The summed E-state index contributed by atoms with van der Waals surface area (Å²) in [5.41, 5.74) is 4.15. The van der Waals surface area contributed by atoms with Crippen LogP contribution in [0, 0.1) is 11.3 Å². The van der Waals surface area contributed by atoms with Crippen molar-refractivity contribution in [3.63, 3.8) is 0 Å². The zero-order valence-corrected chi connectivity index (χ0v) is 12.0. The lowest BCUT2D eigenvalue weighted by Gasteiger charge is -2.28. The minimum atomic E-state index is -0.857. The molecule has 7 nitrogen and oxygen atoms in total. The molecule has 0 saturated carbocycles. The number of hydrogen-bond donors (Lipinski definition) is 3. The zero-order valence-electron chi connectivity index (χ0n) is 12.0. The Balaban J connectivity index is 2.48. The summed E-state index contributed by atoms with van der Waals surface area (Å²) in [6, 6.07) is -0.279. The maximum Gasteiger partial charge on any atom is 0.317 e. The van der Waals surface area contributed by atoms with Gasteiger partial charge in [0.2, 0.25) is 5.91 Å². The molecule has 0 aromatic heterocycles. The van der Waals surface area contributed by atoms with E-state index in [4.69, 9.17) is 5.73 Å². The van der Waals surface area contributed by atoms with E-state index in [-0.39, 0.29) is 24.9 Å². The maximum absolute atomic E-state index is 11.9. The van der Waals surface area contributed by atoms with Crippen LogP contribution in [0.25, 0.3) is 0 Å². The fourth-order valence-electron chi connectivity index (χ4n) is 2.47. The third-order valence-corrected chi connectivity index (χ3v) is 4.00. The Labute approximate surface area is 118 Å². The fraction of sp³-hybridized carbons (Fsp3) is 0.769. The molecule has 4 N–H and O–H groups in total. The number of nitrogens with zero attached hydrogens (tertiary/aromatic N) is 1. The molecule has 0 bridgehead atoms. The van der Waals surface area contributed by atoms with Gasteiger partial charge in [-0.1, -0.05) is 13.8 Å². The number of carboxylic acids is 1. The summed E-state index contributed by atoms with van der Waals surface area (Å²) in [7, 11) is 0. The Bertz CT molecular complexity index is 397. The number of carbonyl (C=O) groups is 3. The predicted octanol–water partition coefficient (Wildman–Crippen LogP) is 0.394. The molecule has 0 spiro atoms. The molecule has 0 aliphatic carbocycles. The SMILES string of the molecule is CC(C)C1(C(=O)O)CCN(C(=O)NCCCC(N)=O)C1. The lowest BCUT2D eigenvalue weighted by atomic mass is 9.76. The van der Waals surface area contributed by atoms with Crippen LogP contribution in [0.2, 0.25) is 0 Å². The molecule has 20 heavy (non-hydrogen) atoms. The van der Waals surface area contributed by atoms with Crippen molar-refractivity contribution in [3.05, 3.63) is 0 Å². The van der Waals surface area contributed by atoms with Gasteiger partial charge in [-0.2, -0.15) is 0 Å². The van der Waals surface area contributed by atoms with E-state index >= 15 is 0 Å². The van der Waals surface area contributed by atoms with E-state index in [1.165, 1.54) is 4.90 Å². The van der Waals surface area contributed by atoms with Crippen LogP contribution < -0.4 is 11.1 Å². The van der Waals surface area contributed by atoms with Gasteiger partial charge in [-0.25, -0.2) is 4.79 Å². The van der Waals surface area contributed by atoms with E-state index in [0.29, 0.717) is 25.9 Å². The second-order valence-corrected chi connectivity index (χ2v) is 5.59. The lowest BCUT2D eigenvalue weighted by molar-refractivity contribution is -0.150. The third kappa shape index (κ3) is 3.61. The first-order valence-corrected chi connectivity index (χ1v) is 6.84. The van der Waals surface area contributed by atoms with E-state index in [1.807, 2.05) is 13.8 Å². The van der Waals surface area contributed by atoms with Gasteiger partial charge in [0.1, 0.15) is 0 Å². The molecule has 1 atom stereocenters. The minimum Gasteiger partial charge on any atom is -0.481 e. The molecule has 1 fully saturated rings. The first kappa shape index (κ1) is 16.3. The number of carboxylic acid groups (broad SMARTS) is 1. The van der Waals surface area contributed by atoms with Gasteiger partial charge in [-0.15, -0.1) is 0 Å². The first-order valence-electron chi connectivity index (χ1n) is 6.84. The van der Waals surface area contributed by atoms with Gasteiger partial charge in [0.05, 0.1) is 5.41 Å². The summed E-state index contributed by atoms with van der Waals surface area (Å²) in [6.45, 7) is 4.75. The molecule has 0 aromatic rings. The van der Waals surface area contributed by atoms with E-state index in [2.05, 4.69) is 5.32 Å². The molecule has 1 saturated heterocycles. The van der Waals surface area contributed by atoms with E-state index in [0.717, 1.165) is 0 Å². The van der Waals surface area contributed by atoms with Crippen LogP contribution in [0.4, 0.5) is 4.79 Å². The second kappa shape index (κ2) is 6.58. The average Bonchev–Trinajstić information content (AvgIpc) is 2.80. The van der Waals surface area contributed by atoms with Gasteiger partial charge >= 0.3 is 12.0 Å². The Hall–Kier alpha value is -1.79. The highest BCUT2D eigenvalue weighted by Gasteiger charge is 2.48. The summed E-state index contributed by atoms with van der Waals surface area (Å²) in [6.07, 6.45) is 1.18. The van der Waals surface area contributed by atoms with Crippen LogP contribution in [0.1, 0.15) is 33.1 Å². The van der Waals surface area contributed by atoms with Crippen molar-refractivity contribution in [3.8, 4) is 0 Å². The van der Waals surface area contributed by atoms with Crippen LogP contribution in [0.15, 0.2) is 0 Å². The van der Waals surface area contributed by atoms with Crippen molar-refractivity contribution in [2.24, 2.45) is 17.1 Å². The zero-order chi connectivity index (χ0) is 15.3. The first-order chi connectivity index (χ1) is 9.29. The van der Waals surface area contributed by atoms with E-state index in [9.17, 15) is 19.5 Å². The average molecular weight is 285 g/mol. The summed E-state index contributed by atoms with van der Waals surface area (Å²) in [5.74, 6) is -1.28. The Morgan fingerprint density at radius 2 is 2.05 bits per heavy atom. The van der Waals surface area contributed by atoms with Gasteiger partial charge < -0.3 is 21.1 Å². The third-order valence-electron chi connectivity index (χ3n) is 4.00. The Morgan fingerprint density at radius 1 is 1.40 bits per heavy atom. The molecule has 1 aliphatic rings. The summed E-state index contributed by atoms with van der Waals surface area (Å²) in [4.78, 5) is 35.5. The fourth-order valence-corrected chi connectivity index (χ4v) is 2.47. The molecule has 3 amide bonds. The summed E-state index contributed by atoms with van der Waals surface area (Å²) < 4.78 is 0. The topological polar surface area (TPSA) is 113 Å². The highest BCUT2D eigenvalue weighted by atomic mass is 16.4. The standard InChI is InChI=1S/C13H23N3O4/c1-9(2)13(11(18)19)5-7-16(8-13)12(20)15-6-3-4-10(14)17/h9H,3-8H2,1-2H3,(H2,14,17)(H,15,20)(H,18,19). The van der Waals surface area contributed by atoms with E-state index in [1.54, 1.807) is 0 Å². The quantitative estimate of drug-likeness (QED) is 0.613. The number of aliphatic carboxylic acids is 1. The number of amides is 3. The number of likely N-dealkylation sites (tertiary alicyclic amines) is 1. The molecular formula is C13H23N3O4. The Kier molecular flexibility index (Phi) is 5.35. The number of carbonyl (C=O) groups excluding carboxylic acids is 2. The number of hydrogen-bond acceptors (Lipinski definition) is 3. The summed E-state index contributed by atoms with van der Waals surface area (Å²) in [5, 5.41) is 12.1. The second-order valence-electron chi connectivity index (χ2n) is 5.59. The number of primary amides is 1. The van der Waals surface area contributed by atoms with Gasteiger partial charge in [0, 0.05) is 26.1 Å². The van der Waals surface area contributed by atoms with Gasteiger partial charge in [0.15, 0.2) is 0 Å². The van der Waals surface area contributed by atoms with Crippen LogP contribution >= 0.6 is 0 Å². The van der Waals surface area contributed by atoms with Crippen molar-refractivity contribution in [1.29, 1.82) is 0 Å². The highest BCUT2D eigenvalue weighted by molar-refractivity contribution is 5.80. The Morgan fingerprint density at radius 3 is 2.50 bits per heavy atom. The molecule has 1 heterocycles. The molecule has 114 valence electrons. The maximum atomic E-state index is 11.9. The van der Waals surface area contributed by atoms with Crippen molar-refractivity contribution >= 4 is 17.9 Å². The predicted molar refractivity (Wildman–Crippen MR) is 72.9 cm³/mol. The molecule has 0 radical (unpaired) electrons. The molecule has 7 heteroatoms. The van der Waals surface area contributed by atoms with Crippen LogP contribution in [-0.2, 0) is 9.59 Å². The lowest BCUT2D eigenvalue weighted by Crippen LogP contribution is -2.44. The van der Waals surface area contributed by atoms with Crippen molar-refractivity contribution in [2.45, 2.75) is 33.1 Å². The number of rotatable bonds is 6. The highest BCUT2D eigenvalue weighted by Crippen LogP contribution is 2.38. The van der Waals surface area contributed by atoms with Crippen LogP contribution in [0.3, 0.4) is 0 Å². The number of nitrogens with two attached hydrogens (primary N) is 1. The monoisotopic (exact) mass is 285 g/mol.